The highest BCUT2D eigenvalue weighted by Crippen LogP contribution is 2.54. The molecule has 0 amide bonds. The van der Waals surface area contributed by atoms with Gasteiger partial charge in [-0.15, -0.1) is 0 Å². The van der Waals surface area contributed by atoms with Crippen molar-refractivity contribution in [1.29, 1.82) is 0 Å². The highest BCUT2D eigenvalue weighted by molar-refractivity contribution is 6.16. The van der Waals surface area contributed by atoms with Crippen molar-refractivity contribution in [1.82, 2.24) is 9.55 Å². The molecule has 0 bridgehead atoms. The van der Waals surface area contributed by atoms with Gasteiger partial charge in [-0.3, -0.25) is 0 Å². The molecule has 0 fully saturated rings. The maximum absolute atomic E-state index is 5.46. The summed E-state index contributed by atoms with van der Waals surface area (Å²) in [5.74, 6) is 0. The summed E-state index contributed by atoms with van der Waals surface area (Å²) in [5, 5.41) is 3.58. The Morgan fingerprint density at radius 2 is 1.09 bits per heavy atom. The van der Waals surface area contributed by atoms with Gasteiger partial charge in [0.25, 0.3) is 0 Å². The van der Waals surface area contributed by atoms with E-state index >= 15 is 0 Å². The van der Waals surface area contributed by atoms with Crippen molar-refractivity contribution in [2.75, 3.05) is 4.90 Å². The van der Waals surface area contributed by atoms with Gasteiger partial charge in [0.2, 0.25) is 0 Å². The van der Waals surface area contributed by atoms with Gasteiger partial charge in [0.05, 0.1) is 27.9 Å². The van der Waals surface area contributed by atoms with Crippen molar-refractivity contribution in [3.05, 3.63) is 240 Å². The van der Waals surface area contributed by atoms with Crippen LogP contribution >= 0.6 is 0 Å². The molecule has 3 nitrogen and oxygen atoms in total. The Bertz CT molecular complexity index is 3910. The van der Waals surface area contributed by atoms with Gasteiger partial charge in [-0.1, -0.05) is 185 Å². The quantitative estimate of drug-likeness (QED) is 0.166. The molecular weight excluding hydrogens is 847 g/mol. The fourth-order valence-corrected chi connectivity index (χ4v) is 12.5. The summed E-state index contributed by atoms with van der Waals surface area (Å²) in [5.41, 5.74) is 25.6. The zero-order valence-electron chi connectivity index (χ0n) is 40.0. The summed E-state index contributed by atoms with van der Waals surface area (Å²) in [6.07, 6.45) is 4.33. The molecule has 3 aliphatic rings. The Labute approximate surface area is 409 Å². The minimum atomic E-state index is -0.164. The van der Waals surface area contributed by atoms with Crippen molar-refractivity contribution >= 4 is 61.5 Å². The Morgan fingerprint density at radius 1 is 0.457 bits per heavy atom. The largest absolute Gasteiger partial charge is 0.311 e. The highest BCUT2D eigenvalue weighted by Gasteiger charge is 2.38. The van der Waals surface area contributed by atoms with E-state index in [1.807, 2.05) is 0 Å². The van der Waals surface area contributed by atoms with Crippen molar-refractivity contribution in [2.45, 2.75) is 51.4 Å². The fraction of sp³-hybridized carbons (Fsp3) is 0.119. The van der Waals surface area contributed by atoms with Crippen LogP contribution in [0.15, 0.2) is 206 Å². The molecule has 0 spiro atoms. The Balaban J connectivity index is 1.06. The van der Waals surface area contributed by atoms with Gasteiger partial charge < -0.3 is 9.47 Å². The minimum absolute atomic E-state index is 0.164. The SMILES string of the molecule is CC1(C)c2ccccc2-c2ccc(N(c3ccc4c(c3)C(C)(C)c3ccccc3-4)c3cccc4c5ccc(-c6nc7ccccc7cc6-c6ccccc6)cc5n(C5=Cc6ccccc6CC5)c34)cc21. The van der Waals surface area contributed by atoms with Crippen LogP contribution in [0.2, 0.25) is 0 Å². The summed E-state index contributed by atoms with van der Waals surface area (Å²) in [6.45, 7) is 9.55. The number of benzene rings is 9. The third-order valence-electron chi connectivity index (χ3n) is 16.1. The molecule has 0 unspecified atom stereocenters. The first-order valence-electron chi connectivity index (χ1n) is 24.8. The maximum atomic E-state index is 5.46. The maximum Gasteiger partial charge on any atom is 0.0788 e. The number of anilines is 3. The number of hydrogen-bond donors (Lipinski definition) is 0. The summed E-state index contributed by atoms with van der Waals surface area (Å²) < 4.78 is 2.61. The molecule has 70 heavy (non-hydrogen) atoms. The van der Waals surface area contributed by atoms with Gasteiger partial charge in [0, 0.05) is 55.2 Å². The number of nitrogens with zero attached hydrogens (tertiary/aromatic N) is 3. The number of aromatic nitrogens is 2. The molecule has 3 heteroatoms. The van der Waals surface area contributed by atoms with Crippen molar-refractivity contribution < 1.29 is 0 Å². The minimum Gasteiger partial charge on any atom is -0.311 e. The van der Waals surface area contributed by atoms with Crippen LogP contribution in [0.1, 0.15) is 67.5 Å². The van der Waals surface area contributed by atoms with Crippen LogP contribution in [0.25, 0.3) is 89.1 Å². The summed E-state index contributed by atoms with van der Waals surface area (Å²) in [6, 6.07) is 76.9. The van der Waals surface area contributed by atoms with E-state index in [4.69, 9.17) is 4.98 Å². The molecule has 0 N–H and O–H groups in total. The molecule has 9 aromatic carbocycles. The number of aryl methyl sites for hydroxylation is 1. The molecule has 0 radical (unpaired) electrons. The van der Waals surface area contributed by atoms with Crippen LogP contribution < -0.4 is 4.90 Å². The van der Waals surface area contributed by atoms with E-state index < -0.39 is 0 Å². The van der Waals surface area contributed by atoms with Crippen LogP contribution in [0.5, 0.6) is 0 Å². The fourth-order valence-electron chi connectivity index (χ4n) is 12.5. The third-order valence-corrected chi connectivity index (χ3v) is 16.1. The number of rotatable bonds is 6. The number of allylic oxidation sites excluding steroid dienone is 1. The molecule has 14 rings (SSSR count). The second-order valence-electron chi connectivity index (χ2n) is 20.7. The topological polar surface area (TPSA) is 21.1 Å². The lowest BCUT2D eigenvalue weighted by Crippen LogP contribution is -2.18. The lowest BCUT2D eigenvalue weighted by atomic mass is 9.82. The summed E-state index contributed by atoms with van der Waals surface area (Å²) >= 11 is 0. The smallest absolute Gasteiger partial charge is 0.0788 e. The number of para-hydroxylation sites is 2. The third kappa shape index (κ3) is 5.97. The molecule has 0 atom stereocenters. The van der Waals surface area contributed by atoms with E-state index in [0.717, 1.165) is 63.2 Å². The zero-order chi connectivity index (χ0) is 46.9. The van der Waals surface area contributed by atoms with E-state index in [9.17, 15) is 0 Å². The summed E-state index contributed by atoms with van der Waals surface area (Å²) in [4.78, 5) is 8.02. The Morgan fingerprint density at radius 3 is 1.81 bits per heavy atom. The van der Waals surface area contributed by atoms with Crippen molar-refractivity contribution in [3.63, 3.8) is 0 Å². The first-order valence-corrected chi connectivity index (χ1v) is 24.8. The monoisotopic (exact) mass is 897 g/mol. The molecule has 0 saturated carbocycles. The van der Waals surface area contributed by atoms with E-state index in [-0.39, 0.29) is 10.8 Å². The van der Waals surface area contributed by atoms with Crippen LogP contribution in [0.3, 0.4) is 0 Å². The molecular formula is C67H51N3. The number of fused-ring (bicyclic) bond motifs is 11. The van der Waals surface area contributed by atoms with Gasteiger partial charge in [0.15, 0.2) is 0 Å². The first-order chi connectivity index (χ1) is 34.2. The predicted octanol–water partition coefficient (Wildman–Crippen LogP) is 17.7. The normalized spacial score (nSPS) is 14.8. The van der Waals surface area contributed by atoms with E-state index in [2.05, 4.69) is 249 Å². The van der Waals surface area contributed by atoms with E-state index in [0.29, 0.717) is 0 Å². The van der Waals surface area contributed by atoms with Gasteiger partial charge in [-0.25, -0.2) is 4.98 Å². The molecule has 334 valence electrons. The average Bonchev–Trinajstić information content (AvgIpc) is 3.95. The Hall–Kier alpha value is -8.27. The molecule has 11 aromatic rings. The standard InChI is InChI=1S/C67H51N3/c1-66(2)57-25-13-11-22-50(57)52-35-32-48(40-59(52)66)69(49-33-36-53-51-23-12-14-26-58(51)67(3,4)60(53)41-49)62-28-16-24-55-54-34-30-46(39-63(54)70(65(55)62)47-31-29-42-17-8-9-20-44(42)37-47)64-56(43-18-6-5-7-19-43)38-45-21-10-15-27-61(45)68-64/h5-28,30,32-41H,29,31H2,1-4H3. The predicted molar refractivity (Wildman–Crippen MR) is 294 cm³/mol. The van der Waals surface area contributed by atoms with Gasteiger partial charge >= 0.3 is 0 Å². The zero-order valence-corrected chi connectivity index (χ0v) is 40.0. The van der Waals surface area contributed by atoms with Gasteiger partial charge in [-0.05, 0) is 129 Å². The number of hydrogen-bond acceptors (Lipinski definition) is 2. The lowest BCUT2D eigenvalue weighted by molar-refractivity contribution is 0.660. The molecule has 2 aromatic heterocycles. The van der Waals surface area contributed by atoms with Crippen LogP contribution in [0.4, 0.5) is 17.1 Å². The van der Waals surface area contributed by atoms with Crippen LogP contribution in [-0.4, -0.2) is 9.55 Å². The second-order valence-corrected chi connectivity index (χ2v) is 20.7. The van der Waals surface area contributed by atoms with Crippen molar-refractivity contribution in [2.24, 2.45) is 0 Å². The average molecular weight is 898 g/mol. The highest BCUT2D eigenvalue weighted by atomic mass is 15.2. The van der Waals surface area contributed by atoms with Gasteiger partial charge in [0.1, 0.15) is 0 Å². The van der Waals surface area contributed by atoms with Crippen LogP contribution in [0, 0.1) is 0 Å². The van der Waals surface area contributed by atoms with E-state index in [1.54, 1.807) is 0 Å². The Kier molecular flexibility index (Phi) is 8.80. The first kappa shape index (κ1) is 40.8. The van der Waals surface area contributed by atoms with E-state index in [1.165, 1.54) is 83.1 Å². The van der Waals surface area contributed by atoms with Crippen LogP contribution in [-0.2, 0) is 17.3 Å². The second kappa shape index (κ2) is 15.1. The number of pyridine rings is 1. The molecule has 0 saturated heterocycles. The van der Waals surface area contributed by atoms with Crippen molar-refractivity contribution in [3.8, 4) is 44.6 Å². The molecule has 3 aliphatic carbocycles. The lowest BCUT2D eigenvalue weighted by Gasteiger charge is -2.31. The van der Waals surface area contributed by atoms with Gasteiger partial charge in [-0.2, -0.15) is 0 Å². The molecule has 0 aliphatic heterocycles. The molecule has 2 heterocycles. The summed E-state index contributed by atoms with van der Waals surface area (Å²) in [7, 11) is 0.